The predicted molar refractivity (Wildman–Crippen MR) is 207 cm³/mol. The lowest BCUT2D eigenvalue weighted by molar-refractivity contribution is -0.147. The van der Waals surface area contributed by atoms with Gasteiger partial charge in [0.2, 0.25) is 3.79 Å². The van der Waals surface area contributed by atoms with Gasteiger partial charge in [-0.25, -0.2) is 9.78 Å². The number of aryl methyl sites for hydroxylation is 1. The number of nitrogens with zero attached hydrogens (tertiary/aromatic N) is 1. The van der Waals surface area contributed by atoms with Crippen molar-refractivity contribution >= 4 is 78.4 Å². The molecule has 0 saturated heterocycles. The molecular weight excluding hydrogens is 741 g/mol. The van der Waals surface area contributed by atoms with E-state index in [0.29, 0.717) is 12.8 Å². The van der Waals surface area contributed by atoms with Crippen molar-refractivity contribution in [2.75, 3.05) is 6.61 Å². The first-order valence-corrected chi connectivity index (χ1v) is 21.9. The highest BCUT2D eigenvalue weighted by atomic mass is 35.6. The smallest absolute Gasteiger partial charge is 0.481 e. The number of halogens is 3. The summed E-state index contributed by atoms with van der Waals surface area (Å²) in [7, 11) is -2.29. The Balaban J connectivity index is 3.16. The molecule has 9 nitrogen and oxygen atoms in total. The predicted octanol–water partition coefficient (Wildman–Crippen LogP) is 10.3. The van der Waals surface area contributed by atoms with E-state index >= 15 is 0 Å². The van der Waals surface area contributed by atoms with Crippen molar-refractivity contribution in [3.8, 4) is 0 Å². The minimum absolute atomic E-state index is 0.276. The number of aromatic nitrogens is 1. The van der Waals surface area contributed by atoms with Crippen molar-refractivity contribution in [1.29, 1.82) is 0 Å². The number of ketones is 1. The number of carbonyl (C=O) groups is 3. The molecule has 0 radical (unpaired) electrons. The van der Waals surface area contributed by atoms with Gasteiger partial charge in [-0.2, -0.15) is 0 Å². The summed E-state index contributed by atoms with van der Waals surface area (Å²) in [4.78, 5) is 43.5. The van der Waals surface area contributed by atoms with Gasteiger partial charge in [-0.05, 0) is 82.2 Å². The highest BCUT2D eigenvalue weighted by Crippen LogP contribution is 2.38. The van der Waals surface area contributed by atoms with Crippen LogP contribution in [0.5, 0.6) is 0 Å². The number of carboxylic acids is 1. The molecule has 0 fully saturated rings. The first-order valence-electron chi connectivity index (χ1n) is 17.4. The molecule has 1 heterocycles. The van der Waals surface area contributed by atoms with Gasteiger partial charge in [-0.3, -0.25) is 9.59 Å². The summed E-state index contributed by atoms with van der Waals surface area (Å²) in [5.41, 5.74) is 1.57. The topological polar surface area (TPSA) is 132 Å². The summed E-state index contributed by atoms with van der Waals surface area (Å²) in [6, 6.07) is 2.38. The number of rotatable bonds is 22. The average Bonchev–Trinajstić information content (AvgIpc) is 3.45. The van der Waals surface area contributed by atoms with Crippen LogP contribution in [0.3, 0.4) is 0 Å². The fraction of sp³-hybridized carbons (Fsp3) is 0.722. The van der Waals surface area contributed by atoms with Crippen LogP contribution in [-0.2, 0) is 23.5 Å². The molecule has 0 aliphatic heterocycles. The summed E-state index contributed by atoms with van der Waals surface area (Å²) >= 11 is 18.9. The maximum atomic E-state index is 14.3. The average molecular weight is 799 g/mol. The van der Waals surface area contributed by atoms with Crippen LogP contribution in [0.2, 0.25) is 18.1 Å². The Morgan fingerprint density at radius 2 is 1.68 bits per heavy atom. The highest BCUT2D eigenvalue weighted by Gasteiger charge is 2.47. The number of Topliss-reactive ketones (excluding diaryl/α,β-unsaturated/α-hetero) is 1. The van der Waals surface area contributed by atoms with Crippen molar-refractivity contribution in [2.45, 2.75) is 142 Å². The number of hydrogen-bond donors (Lipinski definition) is 2. The lowest BCUT2D eigenvalue weighted by Gasteiger charge is -2.42. The Labute approximate surface area is 319 Å². The van der Waals surface area contributed by atoms with Gasteiger partial charge in [0.05, 0.1) is 35.2 Å². The third-order valence-electron chi connectivity index (χ3n) is 9.64. The van der Waals surface area contributed by atoms with E-state index in [9.17, 15) is 24.6 Å². The van der Waals surface area contributed by atoms with E-state index in [-0.39, 0.29) is 18.1 Å². The molecule has 0 aliphatic rings. The highest BCUT2D eigenvalue weighted by molar-refractivity contribution is 7.09. The number of aliphatic carboxylic acids is 1. The second-order valence-corrected chi connectivity index (χ2v) is 22.2. The maximum Gasteiger partial charge on any atom is 0.508 e. The van der Waals surface area contributed by atoms with Crippen molar-refractivity contribution in [3.63, 3.8) is 0 Å². The molecule has 0 amide bonds. The first-order chi connectivity index (χ1) is 23.1. The van der Waals surface area contributed by atoms with Gasteiger partial charge in [0.15, 0.2) is 8.32 Å². The van der Waals surface area contributed by atoms with Crippen LogP contribution in [-0.4, -0.2) is 70.1 Å². The van der Waals surface area contributed by atoms with Crippen LogP contribution >= 0.6 is 46.1 Å². The van der Waals surface area contributed by atoms with E-state index in [2.05, 4.69) is 4.98 Å². The molecule has 0 saturated carbocycles. The number of carboxylic acid groups (broad SMARTS) is 1. The maximum absolute atomic E-state index is 14.3. The fourth-order valence-electron chi connectivity index (χ4n) is 6.04. The molecule has 50 heavy (non-hydrogen) atoms. The van der Waals surface area contributed by atoms with Crippen molar-refractivity contribution in [1.82, 2.24) is 4.98 Å². The molecule has 0 aliphatic carbocycles. The summed E-state index contributed by atoms with van der Waals surface area (Å²) in [6.45, 7) is 18.4. The zero-order valence-electron chi connectivity index (χ0n) is 31.3. The third-order valence-corrected chi connectivity index (χ3v) is 15.4. The Kier molecular flexibility index (Phi) is 19.8. The second-order valence-electron chi connectivity index (χ2n) is 13.9. The van der Waals surface area contributed by atoms with Crippen LogP contribution in [0.1, 0.15) is 105 Å². The Morgan fingerprint density at radius 1 is 1.08 bits per heavy atom. The van der Waals surface area contributed by atoms with Crippen LogP contribution in [0.15, 0.2) is 22.6 Å². The van der Waals surface area contributed by atoms with E-state index in [1.54, 1.807) is 32.1 Å². The van der Waals surface area contributed by atoms with Crippen LogP contribution in [0, 0.1) is 24.2 Å². The quantitative estimate of drug-likeness (QED) is 0.0509. The Hall–Kier alpha value is -1.47. The summed E-state index contributed by atoms with van der Waals surface area (Å²) in [6.07, 6.45) is 2.64. The van der Waals surface area contributed by atoms with Crippen molar-refractivity contribution in [3.05, 3.63) is 33.3 Å². The molecule has 0 spiro atoms. The third kappa shape index (κ3) is 15.6. The van der Waals surface area contributed by atoms with E-state index < -0.39 is 60.5 Å². The minimum atomic E-state index is -2.29. The van der Waals surface area contributed by atoms with Gasteiger partial charge < -0.3 is 24.1 Å². The zero-order chi connectivity index (χ0) is 38.4. The zero-order valence-corrected chi connectivity index (χ0v) is 35.4. The molecule has 0 aromatic carbocycles. The van der Waals surface area contributed by atoms with Crippen molar-refractivity contribution < 1.29 is 38.5 Å². The summed E-state index contributed by atoms with van der Waals surface area (Å²) in [5.74, 6) is -2.45. The van der Waals surface area contributed by atoms with Crippen LogP contribution in [0.4, 0.5) is 4.79 Å². The number of thiazole rings is 1. The molecule has 5 unspecified atom stereocenters. The largest absolute Gasteiger partial charge is 0.508 e. The fourth-order valence-corrected chi connectivity index (χ4v) is 9.76. The SMILES string of the molecule is CC[Si](CC)(CC)OC(CC(=O)O)C(C)(C)C(=O)C(C)C(OC(=O)OCC(Cl)(Cl)Cl)C(C)CCCC(C)=CCC(O)C(C)=Cc1csc(C)n1. The summed E-state index contributed by atoms with van der Waals surface area (Å²) < 4.78 is 15.6. The monoisotopic (exact) mass is 797 g/mol. The lowest BCUT2D eigenvalue weighted by Crippen LogP contribution is -2.51. The van der Waals surface area contributed by atoms with Gasteiger partial charge in [0.1, 0.15) is 18.5 Å². The van der Waals surface area contributed by atoms with Gasteiger partial charge in [0, 0.05) is 10.8 Å². The summed E-state index contributed by atoms with van der Waals surface area (Å²) in [5, 5.41) is 23.4. The molecular formula is C36H58Cl3NO8SSi. The number of alkyl halides is 3. The van der Waals surface area contributed by atoms with Gasteiger partial charge >= 0.3 is 12.1 Å². The number of ether oxygens (including phenoxy) is 2. The second kappa shape index (κ2) is 21.3. The minimum Gasteiger partial charge on any atom is -0.481 e. The lowest BCUT2D eigenvalue weighted by atomic mass is 9.73. The van der Waals surface area contributed by atoms with Crippen LogP contribution < -0.4 is 0 Å². The number of aliphatic hydroxyl groups is 1. The standard InChI is InChI=1S/C36H58Cl3NO8SSi/c1-11-50(12-2,13-3)48-30(20-31(42)43)35(9,10)33(44)26(7)32(47-34(45)46-22-36(37,38)39)24(5)16-14-15-23(4)17-18-29(41)25(6)19-28-21-49-27(8)40-28/h17,19,21,24,26,29-30,32,41H,11-16,18,20,22H2,1-10H3,(H,42,43). The molecule has 1 aromatic rings. The van der Waals surface area contributed by atoms with E-state index in [4.69, 9.17) is 48.7 Å². The van der Waals surface area contributed by atoms with E-state index in [1.807, 2.05) is 66.0 Å². The molecule has 286 valence electrons. The number of aliphatic hydroxyl groups excluding tert-OH is 1. The molecule has 2 N–H and O–H groups in total. The molecule has 1 aromatic heterocycles. The first kappa shape index (κ1) is 46.5. The molecule has 1 rings (SSSR count). The van der Waals surface area contributed by atoms with Gasteiger partial charge in [-0.1, -0.05) is 94.9 Å². The van der Waals surface area contributed by atoms with E-state index in [0.717, 1.165) is 52.8 Å². The number of hydrogen-bond acceptors (Lipinski definition) is 9. The molecule has 5 atom stereocenters. The van der Waals surface area contributed by atoms with Crippen molar-refractivity contribution in [2.24, 2.45) is 17.3 Å². The molecule has 14 heteroatoms. The van der Waals surface area contributed by atoms with Gasteiger partial charge in [-0.15, -0.1) is 11.3 Å². The normalized spacial score (nSPS) is 16.4. The number of carbonyl (C=O) groups excluding carboxylic acids is 2. The Morgan fingerprint density at radius 3 is 2.18 bits per heavy atom. The van der Waals surface area contributed by atoms with Crippen LogP contribution in [0.25, 0.3) is 6.08 Å². The van der Waals surface area contributed by atoms with E-state index in [1.165, 1.54) is 0 Å². The molecule has 0 bridgehead atoms. The Bertz CT molecular complexity index is 1300. The number of allylic oxidation sites excluding steroid dienone is 1. The van der Waals surface area contributed by atoms with Gasteiger partial charge in [0.25, 0.3) is 0 Å².